The second kappa shape index (κ2) is 5.90. The lowest BCUT2D eigenvalue weighted by molar-refractivity contribution is -0.117. The van der Waals surface area contributed by atoms with E-state index >= 15 is 0 Å². The number of carbonyl (C=O) groups is 1. The molecule has 0 saturated heterocycles. The van der Waals surface area contributed by atoms with Crippen LogP contribution in [0.3, 0.4) is 0 Å². The van der Waals surface area contributed by atoms with Crippen molar-refractivity contribution >= 4 is 21.6 Å². The molecule has 5 N–H and O–H groups in total. The van der Waals surface area contributed by atoms with Crippen molar-refractivity contribution in [1.82, 2.24) is 0 Å². The lowest BCUT2D eigenvalue weighted by Gasteiger charge is -2.26. The maximum absolute atomic E-state index is 11.8. The number of hydrogen-bond acceptors (Lipinski definition) is 4. The fourth-order valence-corrected chi connectivity index (χ4v) is 1.96. The van der Waals surface area contributed by atoms with Crippen molar-refractivity contribution in [2.45, 2.75) is 38.1 Å². The highest BCUT2D eigenvalue weighted by Crippen LogP contribution is 2.20. The molecule has 0 heterocycles. The Labute approximate surface area is 119 Å². The van der Waals surface area contributed by atoms with Gasteiger partial charge in [0.25, 0.3) is 0 Å². The predicted octanol–water partition coefficient (Wildman–Crippen LogP) is 1.04. The Kier molecular flexibility index (Phi) is 4.90. The normalized spacial score (nSPS) is 13.8. The molecular formula is C13H21N3O3S. The number of carbonyl (C=O) groups excluding carboxylic acids is 1. The van der Waals surface area contributed by atoms with E-state index < -0.39 is 10.0 Å². The Morgan fingerprint density at radius 3 is 2.15 bits per heavy atom. The summed E-state index contributed by atoms with van der Waals surface area (Å²) in [4.78, 5) is 11.8. The van der Waals surface area contributed by atoms with Crippen LogP contribution in [0.25, 0.3) is 0 Å². The Hall–Kier alpha value is -1.44. The molecule has 1 rings (SSSR count). The van der Waals surface area contributed by atoms with Gasteiger partial charge in [-0.05, 0) is 29.7 Å². The number of amides is 1. The van der Waals surface area contributed by atoms with Crippen molar-refractivity contribution in [2.24, 2.45) is 16.3 Å². The maximum Gasteiger partial charge on any atom is 0.238 e. The molecule has 0 aromatic heterocycles. The number of benzene rings is 1. The van der Waals surface area contributed by atoms with Crippen LogP contribution in [-0.4, -0.2) is 20.4 Å². The average molecular weight is 299 g/mol. The average Bonchev–Trinajstić information content (AvgIpc) is 2.26. The van der Waals surface area contributed by atoms with Gasteiger partial charge in [-0.1, -0.05) is 20.8 Å². The molecule has 7 heteroatoms. The molecule has 0 saturated carbocycles. The van der Waals surface area contributed by atoms with Crippen LogP contribution in [0.2, 0.25) is 0 Å². The molecule has 20 heavy (non-hydrogen) atoms. The van der Waals surface area contributed by atoms with Crippen molar-refractivity contribution < 1.29 is 13.2 Å². The zero-order valence-electron chi connectivity index (χ0n) is 11.9. The molecule has 0 fully saturated rings. The molecule has 0 radical (unpaired) electrons. The summed E-state index contributed by atoms with van der Waals surface area (Å²) in [6.07, 6.45) is 0.195. The molecule has 0 bridgehead atoms. The van der Waals surface area contributed by atoms with E-state index in [0.717, 1.165) is 0 Å². The number of rotatable bonds is 4. The minimum Gasteiger partial charge on any atom is -0.327 e. The van der Waals surface area contributed by atoms with Crippen molar-refractivity contribution in [1.29, 1.82) is 0 Å². The first-order chi connectivity index (χ1) is 9.00. The fraction of sp³-hybridized carbons (Fsp3) is 0.462. The number of sulfonamides is 1. The second-order valence-corrected chi connectivity index (χ2v) is 7.36. The first kappa shape index (κ1) is 16.6. The molecule has 1 amide bonds. The van der Waals surface area contributed by atoms with Crippen molar-refractivity contribution in [2.75, 3.05) is 5.32 Å². The number of anilines is 1. The predicted molar refractivity (Wildman–Crippen MR) is 78.5 cm³/mol. The van der Waals surface area contributed by atoms with E-state index in [2.05, 4.69) is 5.32 Å². The highest BCUT2D eigenvalue weighted by atomic mass is 32.2. The Balaban J connectivity index is 2.68. The smallest absolute Gasteiger partial charge is 0.238 e. The third-order valence-corrected chi connectivity index (χ3v) is 3.91. The van der Waals surface area contributed by atoms with Gasteiger partial charge >= 0.3 is 0 Å². The van der Waals surface area contributed by atoms with E-state index in [0.29, 0.717) is 5.69 Å². The van der Waals surface area contributed by atoms with Gasteiger partial charge < -0.3 is 11.1 Å². The molecule has 6 nitrogen and oxygen atoms in total. The summed E-state index contributed by atoms with van der Waals surface area (Å²) in [5.41, 5.74) is 6.28. The third-order valence-electron chi connectivity index (χ3n) is 2.98. The molecular weight excluding hydrogens is 278 g/mol. The molecule has 1 atom stereocenters. The first-order valence-electron chi connectivity index (χ1n) is 6.18. The van der Waals surface area contributed by atoms with Crippen LogP contribution < -0.4 is 16.2 Å². The molecule has 0 aliphatic heterocycles. The van der Waals surface area contributed by atoms with Crippen LogP contribution in [0, 0.1) is 5.41 Å². The summed E-state index contributed by atoms with van der Waals surface area (Å²) in [5.74, 6) is -0.212. The van der Waals surface area contributed by atoms with Crippen LogP contribution in [0.4, 0.5) is 5.69 Å². The van der Waals surface area contributed by atoms with Gasteiger partial charge in [-0.3, -0.25) is 4.79 Å². The van der Waals surface area contributed by atoms with Crippen molar-refractivity contribution in [3.63, 3.8) is 0 Å². The minimum absolute atomic E-state index is 0.00175. The van der Waals surface area contributed by atoms with Gasteiger partial charge in [-0.15, -0.1) is 0 Å². The summed E-state index contributed by atoms with van der Waals surface area (Å²) in [5, 5.41) is 7.66. The maximum atomic E-state index is 11.8. The zero-order valence-corrected chi connectivity index (χ0v) is 12.7. The van der Waals surface area contributed by atoms with E-state index in [9.17, 15) is 13.2 Å². The molecule has 0 aliphatic carbocycles. The van der Waals surface area contributed by atoms with E-state index in [-0.39, 0.29) is 28.7 Å². The summed E-state index contributed by atoms with van der Waals surface area (Å²) in [7, 11) is -3.72. The Bertz CT molecular complexity index is 574. The van der Waals surface area contributed by atoms with Gasteiger partial charge in [0.15, 0.2) is 0 Å². The molecule has 0 aliphatic rings. The number of primary sulfonamides is 1. The van der Waals surface area contributed by atoms with Crippen LogP contribution in [0.5, 0.6) is 0 Å². The summed E-state index contributed by atoms with van der Waals surface area (Å²) in [6, 6.07) is 5.40. The molecule has 0 spiro atoms. The Morgan fingerprint density at radius 2 is 1.75 bits per heavy atom. The lowest BCUT2D eigenvalue weighted by atomic mass is 9.85. The molecule has 1 aromatic carbocycles. The summed E-state index contributed by atoms with van der Waals surface area (Å²) >= 11 is 0. The largest absolute Gasteiger partial charge is 0.327 e. The number of nitrogens with two attached hydrogens (primary N) is 2. The topological polar surface area (TPSA) is 115 Å². The van der Waals surface area contributed by atoms with E-state index in [1.165, 1.54) is 24.3 Å². The van der Waals surface area contributed by atoms with Crippen molar-refractivity contribution in [3.8, 4) is 0 Å². The fourth-order valence-electron chi connectivity index (χ4n) is 1.45. The summed E-state index contributed by atoms with van der Waals surface area (Å²) in [6.45, 7) is 5.89. The molecule has 112 valence electrons. The van der Waals surface area contributed by atoms with Crippen LogP contribution in [0.1, 0.15) is 27.2 Å². The SMILES string of the molecule is CC(C)(C)C(N)CC(=O)Nc1ccc(S(N)(=O)=O)cc1. The quantitative estimate of drug-likeness (QED) is 0.770. The molecule has 1 unspecified atom stereocenters. The summed E-state index contributed by atoms with van der Waals surface area (Å²) < 4.78 is 22.2. The van der Waals surface area contributed by atoms with E-state index in [4.69, 9.17) is 10.9 Å². The third kappa shape index (κ3) is 4.92. The van der Waals surface area contributed by atoms with Crippen LogP contribution in [-0.2, 0) is 14.8 Å². The Morgan fingerprint density at radius 1 is 1.25 bits per heavy atom. The van der Waals surface area contributed by atoms with Gasteiger partial charge in [0.05, 0.1) is 4.90 Å². The van der Waals surface area contributed by atoms with E-state index in [1.54, 1.807) is 0 Å². The minimum atomic E-state index is -3.72. The van der Waals surface area contributed by atoms with Gasteiger partial charge in [0.1, 0.15) is 0 Å². The lowest BCUT2D eigenvalue weighted by Crippen LogP contribution is -2.38. The molecule has 1 aromatic rings. The van der Waals surface area contributed by atoms with Crippen molar-refractivity contribution in [3.05, 3.63) is 24.3 Å². The van der Waals surface area contributed by atoms with Gasteiger partial charge in [-0.2, -0.15) is 0 Å². The number of hydrogen-bond donors (Lipinski definition) is 3. The standard InChI is InChI=1S/C13H21N3O3S/c1-13(2,3)11(14)8-12(17)16-9-4-6-10(7-5-9)20(15,18)19/h4-7,11H,8,14H2,1-3H3,(H,16,17)(H2,15,18,19). The first-order valence-corrected chi connectivity index (χ1v) is 7.73. The number of nitrogens with one attached hydrogen (secondary N) is 1. The zero-order chi connectivity index (χ0) is 15.6. The monoisotopic (exact) mass is 299 g/mol. The van der Waals surface area contributed by atoms with E-state index in [1.807, 2.05) is 20.8 Å². The van der Waals surface area contributed by atoms with Gasteiger partial charge in [0.2, 0.25) is 15.9 Å². The van der Waals surface area contributed by atoms with Gasteiger partial charge in [0, 0.05) is 18.2 Å². The van der Waals surface area contributed by atoms with Crippen LogP contribution in [0.15, 0.2) is 29.2 Å². The second-order valence-electron chi connectivity index (χ2n) is 5.79. The highest BCUT2D eigenvalue weighted by Gasteiger charge is 2.23. The van der Waals surface area contributed by atoms with Crippen LogP contribution >= 0.6 is 0 Å². The highest BCUT2D eigenvalue weighted by molar-refractivity contribution is 7.89. The van der Waals surface area contributed by atoms with Gasteiger partial charge in [-0.25, -0.2) is 13.6 Å².